The monoisotopic (exact) mass is 274 g/mol. The average molecular weight is 274 g/mol. The van der Waals surface area contributed by atoms with Gasteiger partial charge in [0, 0.05) is 12.7 Å². The van der Waals surface area contributed by atoms with E-state index in [2.05, 4.69) is 10.3 Å². The Morgan fingerprint density at radius 2 is 1.70 bits per heavy atom. The summed E-state index contributed by atoms with van der Waals surface area (Å²) in [6.45, 7) is 0.619. The topological polar surface area (TPSA) is 52.6 Å². The molecule has 0 aliphatic carbocycles. The van der Waals surface area contributed by atoms with E-state index in [1.54, 1.807) is 27.5 Å². The third-order valence-electron chi connectivity index (χ3n) is 2.90. The van der Waals surface area contributed by atoms with Crippen molar-refractivity contribution in [1.29, 1.82) is 0 Å². The summed E-state index contributed by atoms with van der Waals surface area (Å²) in [6.07, 6.45) is 1.72. The first-order valence-electron chi connectivity index (χ1n) is 6.22. The van der Waals surface area contributed by atoms with E-state index < -0.39 is 0 Å². The van der Waals surface area contributed by atoms with Gasteiger partial charge in [-0.3, -0.25) is 0 Å². The second-order valence-corrected chi connectivity index (χ2v) is 4.10. The van der Waals surface area contributed by atoms with Gasteiger partial charge in [0.1, 0.15) is 0 Å². The zero-order valence-electron chi connectivity index (χ0n) is 11.8. The van der Waals surface area contributed by atoms with Gasteiger partial charge in [-0.15, -0.1) is 0 Å². The van der Waals surface area contributed by atoms with Crippen LogP contribution in [0.25, 0.3) is 0 Å². The molecule has 0 radical (unpaired) electrons. The number of benzene rings is 1. The van der Waals surface area contributed by atoms with E-state index in [0.717, 1.165) is 5.56 Å². The lowest BCUT2D eigenvalue weighted by Gasteiger charge is -2.12. The third kappa shape index (κ3) is 3.12. The SMILES string of the molecule is COc1ccc(CNc2ncccc2OC)cc1OC. The molecule has 0 aliphatic rings. The molecule has 1 aromatic carbocycles. The highest BCUT2D eigenvalue weighted by Gasteiger charge is 2.06. The van der Waals surface area contributed by atoms with Gasteiger partial charge < -0.3 is 19.5 Å². The molecule has 5 heteroatoms. The van der Waals surface area contributed by atoms with E-state index in [1.807, 2.05) is 30.3 Å². The molecule has 0 amide bonds. The number of ether oxygens (including phenoxy) is 3. The summed E-state index contributed by atoms with van der Waals surface area (Å²) in [4.78, 5) is 4.25. The minimum Gasteiger partial charge on any atom is -0.493 e. The fourth-order valence-corrected chi connectivity index (χ4v) is 1.86. The van der Waals surface area contributed by atoms with Crippen molar-refractivity contribution in [2.24, 2.45) is 0 Å². The van der Waals surface area contributed by atoms with E-state index >= 15 is 0 Å². The number of aromatic nitrogens is 1. The molecule has 0 unspecified atom stereocenters. The lowest BCUT2D eigenvalue weighted by molar-refractivity contribution is 0.354. The molecule has 0 fully saturated rings. The first-order chi connectivity index (χ1) is 9.78. The van der Waals surface area contributed by atoms with Crippen molar-refractivity contribution in [2.45, 2.75) is 6.54 Å². The largest absolute Gasteiger partial charge is 0.493 e. The zero-order chi connectivity index (χ0) is 14.4. The van der Waals surface area contributed by atoms with Gasteiger partial charge in [-0.25, -0.2) is 4.98 Å². The van der Waals surface area contributed by atoms with Crippen molar-refractivity contribution in [3.63, 3.8) is 0 Å². The summed E-state index contributed by atoms with van der Waals surface area (Å²) in [5.41, 5.74) is 1.07. The molecule has 2 rings (SSSR count). The number of hydrogen-bond donors (Lipinski definition) is 1. The molecule has 106 valence electrons. The van der Waals surface area contributed by atoms with E-state index in [4.69, 9.17) is 14.2 Å². The molecule has 1 aromatic heterocycles. The van der Waals surface area contributed by atoms with Crippen molar-refractivity contribution in [2.75, 3.05) is 26.6 Å². The van der Waals surface area contributed by atoms with Crippen LogP contribution in [-0.4, -0.2) is 26.3 Å². The molecule has 1 heterocycles. The van der Waals surface area contributed by atoms with Gasteiger partial charge >= 0.3 is 0 Å². The Morgan fingerprint density at radius 1 is 0.950 bits per heavy atom. The fourth-order valence-electron chi connectivity index (χ4n) is 1.86. The molecule has 2 aromatic rings. The van der Waals surface area contributed by atoms with Crippen molar-refractivity contribution >= 4 is 5.82 Å². The number of pyridine rings is 1. The first-order valence-corrected chi connectivity index (χ1v) is 6.22. The normalized spacial score (nSPS) is 9.95. The summed E-state index contributed by atoms with van der Waals surface area (Å²) < 4.78 is 15.7. The second kappa shape index (κ2) is 6.65. The average Bonchev–Trinajstić information content (AvgIpc) is 2.52. The zero-order valence-corrected chi connectivity index (χ0v) is 11.8. The Hall–Kier alpha value is -2.43. The van der Waals surface area contributed by atoms with Crippen LogP contribution in [0.15, 0.2) is 36.5 Å². The Bertz CT molecular complexity index is 573. The van der Waals surface area contributed by atoms with Crippen molar-refractivity contribution in [3.05, 3.63) is 42.1 Å². The van der Waals surface area contributed by atoms with Crippen LogP contribution in [0.3, 0.4) is 0 Å². The predicted octanol–water partition coefficient (Wildman–Crippen LogP) is 2.72. The summed E-state index contributed by atoms with van der Waals surface area (Å²) in [7, 11) is 4.87. The van der Waals surface area contributed by atoms with E-state index in [9.17, 15) is 0 Å². The number of nitrogens with one attached hydrogen (secondary N) is 1. The van der Waals surface area contributed by atoms with Gasteiger partial charge in [0.25, 0.3) is 0 Å². The highest BCUT2D eigenvalue weighted by Crippen LogP contribution is 2.28. The van der Waals surface area contributed by atoms with Gasteiger partial charge in [0.15, 0.2) is 23.1 Å². The lowest BCUT2D eigenvalue weighted by atomic mass is 10.2. The van der Waals surface area contributed by atoms with Gasteiger partial charge in [0.05, 0.1) is 21.3 Å². The fraction of sp³-hybridized carbons (Fsp3) is 0.267. The summed E-state index contributed by atoms with van der Waals surface area (Å²) in [5.74, 6) is 2.85. The Labute approximate surface area is 118 Å². The molecule has 5 nitrogen and oxygen atoms in total. The smallest absolute Gasteiger partial charge is 0.168 e. The van der Waals surface area contributed by atoms with Crippen molar-refractivity contribution < 1.29 is 14.2 Å². The van der Waals surface area contributed by atoms with Crippen LogP contribution < -0.4 is 19.5 Å². The number of methoxy groups -OCH3 is 3. The molecule has 0 spiro atoms. The van der Waals surface area contributed by atoms with Crippen LogP contribution in [0.2, 0.25) is 0 Å². The maximum atomic E-state index is 5.28. The van der Waals surface area contributed by atoms with Crippen molar-refractivity contribution in [1.82, 2.24) is 4.98 Å². The molecule has 0 saturated heterocycles. The first kappa shape index (κ1) is 14.0. The van der Waals surface area contributed by atoms with E-state index in [-0.39, 0.29) is 0 Å². The molecule has 0 aliphatic heterocycles. The van der Waals surface area contributed by atoms with Crippen LogP contribution in [0.5, 0.6) is 17.2 Å². The summed E-state index contributed by atoms with van der Waals surface area (Å²) >= 11 is 0. The minimum atomic E-state index is 0.619. The van der Waals surface area contributed by atoms with Crippen LogP contribution >= 0.6 is 0 Å². The Morgan fingerprint density at radius 3 is 2.40 bits per heavy atom. The van der Waals surface area contributed by atoms with Crippen LogP contribution in [-0.2, 0) is 6.54 Å². The molecular formula is C15H18N2O3. The molecule has 0 saturated carbocycles. The van der Waals surface area contributed by atoms with Gasteiger partial charge in [-0.2, -0.15) is 0 Å². The highest BCUT2D eigenvalue weighted by molar-refractivity contribution is 5.50. The van der Waals surface area contributed by atoms with Crippen molar-refractivity contribution in [3.8, 4) is 17.2 Å². The predicted molar refractivity (Wildman–Crippen MR) is 77.7 cm³/mol. The summed E-state index contributed by atoms with van der Waals surface area (Å²) in [6, 6.07) is 9.49. The molecule has 20 heavy (non-hydrogen) atoms. The van der Waals surface area contributed by atoms with Gasteiger partial charge in [-0.05, 0) is 29.8 Å². The van der Waals surface area contributed by atoms with E-state index in [0.29, 0.717) is 29.6 Å². The Kier molecular flexibility index (Phi) is 4.65. The van der Waals surface area contributed by atoms with Gasteiger partial charge in [-0.1, -0.05) is 6.07 Å². The maximum absolute atomic E-state index is 5.28. The lowest BCUT2D eigenvalue weighted by Crippen LogP contribution is -2.03. The van der Waals surface area contributed by atoms with E-state index in [1.165, 1.54) is 0 Å². The maximum Gasteiger partial charge on any atom is 0.168 e. The number of hydrogen-bond acceptors (Lipinski definition) is 5. The van der Waals surface area contributed by atoms with Crippen LogP contribution in [0.4, 0.5) is 5.82 Å². The molecular weight excluding hydrogens is 256 g/mol. The van der Waals surface area contributed by atoms with Crippen LogP contribution in [0, 0.1) is 0 Å². The van der Waals surface area contributed by atoms with Gasteiger partial charge in [0.2, 0.25) is 0 Å². The third-order valence-corrected chi connectivity index (χ3v) is 2.90. The molecule has 1 N–H and O–H groups in total. The number of nitrogens with zero attached hydrogens (tertiary/aromatic N) is 1. The summed E-state index contributed by atoms with van der Waals surface area (Å²) in [5, 5.41) is 3.24. The number of rotatable bonds is 6. The second-order valence-electron chi connectivity index (χ2n) is 4.10. The minimum absolute atomic E-state index is 0.619. The molecule has 0 atom stereocenters. The number of anilines is 1. The standard InChI is InChI=1S/C15H18N2O3/c1-18-12-7-6-11(9-14(12)20-3)10-17-15-13(19-2)5-4-8-16-15/h4-9H,10H2,1-3H3,(H,16,17). The Balaban J connectivity index is 2.11. The van der Waals surface area contributed by atoms with Crippen LogP contribution in [0.1, 0.15) is 5.56 Å². The quantitative estimate of drug-likeness (QED) is 0.877. The molecule has 0 bridgehead atoms. The highest BCUT2D eigenvalue weighted by atomic mass is 16.5.